The van der Waals surface area contributed by atoms with Crippen molar-refractivity contribution >= 4 is 28.9 Å². The van der Waals surface area contributed by atoms with Gasteiger partial charge in [-0.1, -0.05) is 0 Å². The van der Waals surface area contributed by atoms with Crippen molar-refractivity contribution < 1.29 is 27.5 Å². The summed E-state index contributed by atoms with van der Waals surface area (Å²) >= 11 is 0.709. The number of hydrogen-bond acceptors (Lipinski definition) is 5. The Morgan fingerprint density at radius 1 is 1.36 bits per heavy atom. The van der Waals surface area contributed by atoms with Gasteiger partial charge in [0.1, 0.15) is 34.6 Å². The fraction of sp³-hybridized carbons (Fsp3) is 0.0833. The molecule has 0 aliphatic heterocycles. The molecule has 0 fully saturated rings. The second kappa shape index (κ2) is 6.43. The molecule has 0 atom stereocenters. The molecule has 1 aromatic carbocycles. The highest BCUT2D eigenvalue weighted by molar-refractivity contribution is 7.11. The summed E-state index contributed by atoms with van der Waals surface area (Å²) in [5.74, 6) is -4.57. The minimum absolute atomic E-state index is 0.0394. The Kier molecular flexibility index (Phi) is 4.61. The van der Waals surface area contributed by atoms with Crippen LogP contribution in [-0.4, -0.2) is 16.7 Å². The van der Waals surface area contributed by atoms with Crippen molar-refractivity contribution in [2.24, 2.45) is 5.73 Å². The van der Waals surface area contributed by atoms with Gasteiger partial charge in [0.05, 0.1) is 5.56 Å². The lowest BCUT2D eigenvalue weighted by atomic mass is 10.2. The molecule has 0 bridgehead atoms. The van der Waals surface area contributed by atoms with Crippen LogP contribution in [0, 0.1) is 17.5 Å². The number of rotatable bonds is 6. The van der Waals surface area contributed by atoms with E-state index >= 15 is 0 Å². The Bertz CT molecular complexity index is 713. The summed E-state index contributed by atoms with van der Waals surface area (Å²) in [7, 11) is 0. The van der Waals surface area contributed by atoms with Crippen LogP contribution >= 0.6 is 11.5 Å². The van der Waals surface area contributed by atoms with Gasteiger partial charge in [-0.05, 0) is 11.5 Å². The molecule has 2 rings (SSSR count). The average molecular weight is 331 g/mol. The van der Waals surface area contributed by atoms with Crippen molar-refractivity contribution in [2.45, 2.75) is 6.61 Å². The molecule has 0 radical (unpaired) electrons. The molecule has 0 unspecified atom stereocenters. The lowest BCUT2D eigenvalue weighted by Gasteiger charge is -2.07. The second-order valence-corrected chi connectivity index (χ2v) is 4.73. The average Bonchev–Trinajstić information content (AvgIpc) is 2.81. The van der Waals surface area contributed by atoms with Crippen molar-refractivity contribution in [3.05, 3.63) is 40.7 Å². The van der Waals surface area contributed by atoms with E-state index in [1.165, 1.54) is 0 Å². The number of aromatic nitrogens is 1. The van der Waals surface area contributed by atoms with Gasteiger partial charge in [0, 0.05) is 12.1 Å². The molecule has 3 N–H and O–H groups in total. The van der Waals surface area contributed by atoms with E-state index < -0.39 is 35.5 Å². The molecule has 0 spiro atoms. The van der Waals surface area contributed by atoms with Crippen molar-refractivity contribution in [1.82, 2.24) is 4.37 Å². The van der Waals surface area contributed by atoms with Crippen molar-refractivity contribution in [3.63, 3.8) is 0 Å². The van der Waals surface area contributed by atoms with Crippen LogP contribution in [0.5, 0.6) is 5.88 Å². The lowest BCUT2D eigenvalue weighted by Crippen LogP contribution is -2.14. The van der Waals surface area contributed by atoms with Gasteiger partial charge in [-0.15, -0.1) is 0 Å². The Morgan fingerprint density at radius 2 is 2.00 bits per heavy atom. The first-order chi connectivity index (χ1) is 10.4. The first-order valence-electron chi connectivity index (χ1n) is 5.70. The zero-order chi connectivity index (χ0) is 16.3. The van der Waals surface area contributed by atoms with E-state index in [1.54, 1.807) is 0 Å². The highest BCUT2D eigenvalue weighted by atomic mass is 32.1. The molecule has 2 aromatic rings. The highest BCUT2D eigenvalue weighted by Crippen LogP contribution is 2.30. The zero-order valence-electron chi connectivity index (χ0n) is 10.7. The number of carbonyl (C=O) groups excluding carboxylic acids is 2. The maximum atomic E-state index is 13.5. The van der Waals surface area contributed by atoms with E-state index in [2.05, 4.69) is 9.69 Å². The molecular weight excluding hydrogens is 323 g/mol. The maximum Gasteiger partial charge on any atom is 0.257 e. The number of primary amides is 1. The molecule has 10 heteroatoms. The summed E-state index contributed by atoms with van der Waals surface area (Å²) in [5.41, 5.74) is 4.38. The Morgan fingerprint density at radius 3 is 2.55 bits per heavy atom. The van der Waals surface area contributed by atoms with E-state index in [4.69, 9.17) is 10.5 Å². The Labute approximate surface area is 125 Å². The smallest absolute Gasteiger partial charge is 0.257 e. The number of carbonyl (C=O) groups is 2. The van der Waals surface area contributed by atoms with Gasteiger partial charge in [0.2, 0.25) is 12.3 Å². The molecule has 1 aromatic heterocycles. The number of nitrogens with zero attached hydrogens (tertiary/aromatic N) is 1. The van der Waals surface area contributed by atoms with Gasteiger partial charge < -0.3 is 15.8 Å². The summed E-state index contributed by atoms with van der Waals surface area (Å²) in [5, 5.41) is 2.24. The fourth-order valence-corrected chi connectivity index (χ4v) is 2.29. The number of benzene rings is 1. The van der Waals surface area contributed by atoms with E-state index in [-0.39, 0.29) is 16.4 Å². The van der Waals surface area contributed by atoms with Crippen LogP contribution in [0.2, 0.25) is 0 Å². The highest BCUT2D eigenvalue weighted by Gasteiger charge is 2.21. The largest absolute Gasteiger partial charge is 0.471 e. The molecule has 6 nitrogen and oxygen atoms in total. The Balaban J connectivity index is 2.26. The SMILES string of the molecule is NC(=O)c1c(OCc2c(F)cc(F)cc2F)nsc1NC=O. The van der Waals surface area contributed by atoms with Crippen LogP contribution in [0.1, 0.15) is 15.9 Å². The molecule has 1 heterocycles. The lowest BCUT2D eigenvalue weighted by molar-refractivity contribution is -0.105. The number of amides is 2. The van der Waals surface area contributed by atoms with E-state index in [1.807, 2.05) is 0 Å². The number of hydrogen-bond donors (Lipinski definition) is 2. The first-order valence-corrected chi connectivity index (χ1v) is 6.47. The molecule has 2 amide bonds. The number of nitrogens with one attached hydrogen (secondary N) is 1. The van der Waals surface area contributed by atoms with Crippen molar-refractivity contribution in [2.75, 3.05) is 5.32 Å². The van der Waals surface area contributed by atoms with Crippen LogP contribution in [-0.2, 0) is 11.4 Å². The van der Waals surface area contributed by atoms with Crippen LogP contribution < -0.4 is 15.8 Å². The van der Waals surface area contributed by atoms with E-state index in [9.17, 15) is 22.8 Å². The van der Waals surface area contributed by atoms with Crippen LogP contribution in [0.3, 0.4) is 0 Å². The minimum atomic E-state index is -1.14. The third-order valence-corrected chi connectivity index (χ3v) is 3.32. The standard InChI is InChI=1S/C12H8F3N3O3S/c13-5-1-7(14)6(8(15)2-5)3-21-11-9(10(16)20)12(17-4-19)22-18-11/h1-2,4H,3H2,(H2,16,20)(H,17,19). The topological polar surface area (TPSA) is 94.3 Å². The molecule has 116 valence electrons. The fourth-order valence-electron chi connectivity index (χ4n) is 1.59. The van der Waals surface area contributed by atoms with Gasteiger partial charge >= 0.3 is 0 Å². The van der Waals surface area contributed by atoms with Crippen LogP contribution in [0.25, 0.3) is 0 Å². The summed E-state index contributed by atoms with van der Waals surface area (Å²) in [4.78, 5) is 21.7. The predicted molar refractivity (Wildman–Crippen MR) is 71.0 cm³/mol. The molecule has 0 saturated carbocycles. The number of ether oxygens (including phenoxy) is 1. The number of halogens is 3. The quantitative estimate of drug-likeness (QED) is 0.789. The van der Waals surface area contributed by atoms with Crippen LogP contribution in [0.4, 0.5) is 18.2 Å². The Hall–Kier alpha value is -2.62. The van der Waals surface area contributed by atoms with Crippen molar-refractivity contribution in [3.8, 4) is 5.88 Å². The monoisotopic (exact) mass is 331 g/mol. The summed E-state index contributed by atoms with van der Waals surface area (Å²) in [6, 6.07) is 0.994. The summed E-state index contributed by atoms with van der Waals surface area (Å²) < 4.78 is 48.5. The summed E-state index contributed by atoms with van der Waals surface area (Å²) in [6.45, 7) is -0.636. The molecule has 0 saturated heterocycles. The third kappa shape index (κ3) is 3.17. The van der Waals surface area contributed by atoms with E-state index in [0.29, 0.717) is 30.1 Å². The summed E-state index contributed by atoms with van der Waals surface area (Å²) in [6.07, 6.45) is 0.309. The van der Waals surface area contributed by atoms with Gasteiger partial charge in [0.15, 0.2) is 0 Å². The van der Waals surface area contributed by atoms with Gasteiger partial charge in [0.25, 0.3) is 5.91 Å². The van der Waals surface area contributed by atoms with E-state index in [0.717, 1.165) is 0 Å². The van der Waals surface area contributed by atoms with Crippen LogP contribution in [0.15, 0.2) is 12.1 Å². The van der Waals surface area contributed by atoms with Gasteiger partial charge in [-0.2, -0.15) is 4.37 Å². The number of nitrogens with two attached hydrogens (primary N) is 1. The normalized spacial score (nSPS) is 10.3. The maximum absolute atomic E-state index is 13.5. The second-order valence-electron chi connectivity index (χ2n) is 3.95. The van der Waals surface area contributed by atoms with Gasteiger partial charge in [-0.25, -0.2) is 13.2 Å². The molecule has 0 aliphatic rings. The molecule has 22 heavy (non-hydrogen) atoms. The third-order valence-electron chi connectivity index (χ3n) is 2.56. The predicted octanol–water partition coefficient (Wildman–Crippen LogP) is 1.81. The zero-order valence-corrected chi connectivity index (χ0v) is 11.5. The number of anilines is 1. The van der Waals surface area contributed by atoms with Gasteiger partial charge in [-0.3, -0.25) is 9.59 Å². The van der Waals surface area contributed by atoms with Crippen molar-refractivity contribution in [1.29, 1.82) is 0 Å². The molecular formula is C12H8F3N3O3S. The first kappa shape index (κ1) is 15.8. The minimum Gasteiger partial charge on any atom is -0.471 e. The molecule has 0 aliphatic carbocycles.